The lowest BCUT2D eigenvalue weighted by molar-refractivity contribution is -0.147. The second-order valence-electron chi connectivity index (χ2n) is 4.95. The molecule has 4 nitrogen and oxygen atoms in total. The molecule has 1 aromatic rings. The number of carbonyl (C=O) groups excluding carboxylic acids is 1. The summed E-state index contributed by atoms with van der Waals surface area (Å²) in [6.07, 6.45) is 1.90. The monoisotopic (exact) mass is 341 g/mol. The molecule has 2 rings (SSSR count). The third kappa shape index (κ3) is 3.96. The Balaban J connectivity index is 2.11. The summed E-state index contributed by atoms with van der Waals surface area (Å²) in [6.45, 7) is 4.21. The number of hydrogen-bond donors (Lipinski definition) is 1. The summed E-state index contributed by atoms with van der Waals surface area (Å²) in [5.41, 5.74) is 0.876. The van der Waals surface area contributed by atoms with Gasteiger partial charge in [-0.25, -0.2) is 4.79 Å². The molecule has 1 fully saturated rings. The maximum absolute atomic E-state index is 12.1. The minimum Gasteiger partial charge on any atom is -0.464 e. The maximum Gasteiger partial charge on any atom is 0.331 e. The van der Waals surface area contributed by atoms with Crippen LogP contribution >= 0.6 is 15.9 Å². The quantitative estimate of drug-likeness (QED) is 0.834. The van der Waals surface area contributed by atoms with E-state index in [2.05, 4.69) is 21.2 Å². The maximum atomic E-state index is 12.1. The van der Waals surface area contributed by atoms with E-state index < -0.39 is 6.04 Å². The third-order valence-electron chi connectivity index (χ3n) is 3.32. The van der Waals surface area contributed by atoms with Gasteiger partial charge in [-0.3, -0.25) is 0 Å². The minimum absolute atomic E-state index is 0.136. The molecular weight excluding hydrogens is 322 g/mol. The van der Waals surface area contributed by atoms with E-state index >= 15 is 0 Å². The molecule has 5 heteroatoms. The van der Waals surface area contributed by atoms with Gasteiger partial charge in [0.25, 0.3) is 0 Å². The molecule has 1 heterocycles. The zero-order valence-corrected chi connectivity index (χ0v) is 13.4. The van der Waals surface area contributed by atoms with Crippen LogP contribution in [0.4, 0.5) is 5.69 Å². The highest BCUT2D eigenvalue weighted by atomic mass is 79.9. The lowest BCUT2D eigenvalue weighted by Crippen LogP contribution is -2.42. The van der Waals surface area contributed by atoms with Gasteiger partial charge in [-0.1, -0.05) is 22.0 Å². The molecule has 0 aliphatic carbocycles. The Morgan fingerprint density at radius 3 is 2.95 bits per heavy atom. The van der Waals surface area contributed by atoms with Crippen molar-refractivity contribution in [3.63, 3.8) is 0 Å². The van der Waals surface area contributed by atoms with Crippen LogP contribution in [0, 0.1) is 0 Å². The van der Waals surface area contributed by atoms with Crippen LogP contribution < -0.4 is 5.32 Å². The van der Waals surface area contributed by atoms with Gasteiger partial charge in [0.1, 0.15) is 0 Å². The van der Waals surface area contributed by atoms with Gasteiger partial charge in [0.2, 0.25) is 0 Å². The summed E-state index contributed by atoms with van der Waals surface area (Å²) in [5.74, 6) is -0.258. The molecule has 0 aromatic heterocycles. The highest BCUT2D eigenvalue weighted by molar-refractivity contribution is 9.10. The average molecular weight is 342 g/mol. The predicted molar refractivity (Wildman–Crippen MR) is 81.8 cm³/mol. The zero-order valence-electron chi connectivity index (χ0n) is 11.8. The Morgan fingerprint density at radius 1 is 1.55 bits per heavy atom. The molecule has 1 aliphatic rings. The molecule has 1 saturated heterocycles. The van der Waals surface area contributed by atoms with Gasteiger partial charge in [0.05, 0.1) is 18.8 Å². The first-order valence-corrected chi connectivity index (χ1v) is 7.73. The van der Waals surface area contributed by atoms with E-state index in [9.17, 15) is 4.79 Å². The van der Waals surface area contributed by atoms with Crippen molar-refractivity contribution in [1.82, 2.24) is 0 Å². The largest absolute Gasteiger partial charge is 0.464 e. The Kier molecular flexibility index (Phi) is 5.43. The van der Waals surface area contributed by atoms with E-state index in [1.165, 1.54) is 0 Å². The molecule has 1 aliphatic heterocycles. The lowest BCUT2D eigenvalue weighted by atomic mass is 10.1. The number of ether oxygens (including phenoxy) is 2. The predicted octanol–water partition coefficient (Wildman–Crippen LogP) is 3.36. The van der Waals surface area contributed by atoms with Crippen molar-refractivity contribution in [1.29, 1.82) is 0 Å². The van der Waals surface area contributed by atoms with Crippen molar-refractivity contribution >= 4 is 27.6 Å². The second kappa shape index (κ2) is 7.09. The van der Waals surface area contributed by atoms with E-state index in [4.69, 9.17) is 9.47 Å². The fourth-order valence-corrected chi connectivity index (χ4v) is 2.77. The Morgan fingerprint density at radius 2 is 2.35 bits per heavy atom. The van der Waals surface area contributed by atoms with Crippen LogP contribution in [0.2, 0.25) is 0 Å². The molecule has 3 unspecified atom stereocenters. The van der Waals surface area contributed by atoms with Crippen LogP contribution in [-0.2, 0) is 14.3 Å². The number of hydrogen-bond acceptors (Lipinski definition) is 4. The minimum atomic E-state index is -0.464. The highest BCUT2D eigenvalue weighted by Crippen LogP contribution is 2.25. The van der Waals surface area contributed by atoms with E-state index in [1.54, 1.807) is 0 Å². The molecule has 0 radical (unpaired) electrons. The molecule has 20 heavy (non-hydrogen) atoms. The Hall–Kier alpha value is -1.07. The molecule has 3 atom stereocenters. The molecule has 110 valence electrons. The number of esters is 1. The normalized spacial score (nSPS) is 23.4. The Bertz CT molecular complexity index is 466. The number of nitrogens with one attached hydrogen (secondary N) is 1. The lowest BCUT2D eigenvalue weighted by Gasteiger charge is -2.24. The van der Waals surface area contributed by atoms with Crippen molar-refractivity contribution < 1.29 is 14.3 Å². The van der Waals surface area contributed by atoms with Crippen molar-refractivity contribution in [2.45, 2.75) is 44.9 Å². The summed E-state index contributed by atoms with van der Waals surface area (Å²) in [6, 6.07) is 7.26. The first kappa shape index (κ1) is 15.3. The number of halogens is 1. The molecule has 0 amide bonds. The van der Waals surface area contributed by atoms with Crippen molar-refractivity contribution in [3.8, 4) is 0 Å². The molecule has 0 spiro atoms. The highest BCUT2D eigenvalue weighted by Gasteiger charge is 2.35. The SMILES string of the molecule is CCOC(=O)C(Nc1cccc(Br)c1)C1CCC(C)O1. The number of carbonyl (C=O) groups is 1. The third-order valence-corrected chi connectivity index (χ3v) is 3.82. The zero-order chi connectivity index (χ0) is 14.5. The average Bonchev–Trinajstić information content (AvgIpc) is 2.83. The van der Waals surface area contributed by atoms with Gasteiger partial charge < -0.3 is 14.8 Å². The van der Waals surface area contributed by atoms with Crippen LogP contribution in [0.25, 0.3) is 0 Å². The van der Waals surface area contributed by atoms with Gasteiger partial charge >= 0.3 is 5.97 Å². The van der Waals surface area contributed by atoms with Crippen molar-refractivity contribution in [2.75, 3.05) is 11.9 Å². The van der Waals surface area contributed by atoms with E-state index in [0.717, 1.165) is 23.0 Å². The van der Waals surface area contributed by atoms with E-state index in [-0.39, 0.29) is 18.2 Å². The molecule has 1 N–H and O–H groups in total. The van der Waals surface area contributed by atoms with Crippen LogP contribution in [0.1, 0.15) is 26.7 Å². The fraction of sp³-hybridized carbons (Fsp3) is 0.533. The molecule has 0 saturated carbocycles. The van der Waals surface area contributed by atoms with E-state index in [1.807, 2.05) is 38.1 Å². The molecule has 1 aromatic carbocycles. The standard InChI is InChI=1S/C15H20BrNO3/c1-3-19-15(18)14(13-8-7-10(2)20-13)17-12-6-4-5-11(16)9-12/h4-6,9-10,13-14,17H,3,7-8H2,1-2H3. The van der Waals surface area contributed by atoms with Crippen LogP contribution in [0.15, 0.2) is 28.7 Å². The van der Waals surface area contributed by atoms with Crippen LogP contribution in [-0.4, -0.2) is 30.8 Å². The van der Waals surface area contributed by atoms with Gasteiger partial charge in [0, 0.05) is 10.2 Å². The first-order valence-electron chi connectivity index (χ1n) is 6.94. The topological polar surface area (TPSA) is 47.6 Å². The fourth-order valence-electron chi connectivity index (χ4n) is 2.37. The molecule has 0 bridgehead atoms. The van der Waals surface area contributed by atoms with Gasteiger partial charge in [-0.2, -0.15) is 0 Å². The van der Waals surface area contributed by atoms with Crippen LogP contribution in [0.5, 0.6) is 0 Å². The van der Waals surface area contributed by atoms with E-state index in [0.29, 0.717) is 6.61 Å². The summed E-state index contributed by atoms with van der Waals surface area (Å²) < 4.78 is 11.9. The summed E-state index contributed by atoms with van der Waals surface area (Å²) in [4.78, 5) is 12.1. The summed E-state index contributed by atoms with van der Waals surface area (Å²) in [7, 11) is 0. The molecular formula is C15H20BrNO3. The van der Waals surface area contributed by atoms with Gasteiger partial charge in [-0.05, 0) is 44.9 Å². The number of benzene rings is 1. The number of anilines is 1. The summed E-state index contributed by atoms with van der Waals surface area (Å²) >= 11 is 3.43. The van der Waals surface area contributed by atoms with Crippen LogP contribution in [0.3, 0.4) is 0 Å². The van der Waals surface area contributed by atoms with Crippen molar-refractivity contribution in [2.24, 2.45) is 0 Å². The summed E-state index contributed by atoms with van der Waals surface area (Å²) in [5, 5.41) is 3.24. The van der Waals surface area contributed by atoms with Gasteiger partial charge in [-0.15, -0.1) is 0 Å². The first-order chi connectivity index (χ1) is 9.60. The van der Waals surface area contributed by atoms with Crippen molar-refractivity contribution in [3.05, 3.63) is 28.7 Å². The number of rotatable bonds is 5. The second-order valence-corrected chi connectivity index (χ2v) is 5.86. The van der Waals surface area contributed by atoms with Gasteiger partial charge in [0.15, 0.2) is 6.04 Å². The smallest absolute Gasteiger partial charge is 0.331 e. The Labute approximate surface area is 128 Å².